The SMILES string of the molecule is CCC(=O)/C=C/c1nnc2cc3c(cc2c1-c1ccc(CC)o1)OCCO3. The van der Waals surface area contributed by atoms with Crippen molar-refractivity contribution >= 4 is 22.8 Å². The highest BCUT2D eigenvalue weighted by Gasteiger charge is 2.20. The molecule has 2 aromatic heterocycles. The molecule has 0 N–H and O–H groups in total. The van der Waals surface area contributed by atoms with Crippen molar-refractivity contribution in [1.29, 1.82) is 0 Å². The molecule has 0 unspecified atom stereocenters. The van der Waals surface area contributed by atoms with Crippen molar-refractivity contribution in [3.8, 4) is 22.8 Å². The van der Waals surface area contributed by atoms with E-state index in [1.54, 1.807) is 6.08 Å². The second-order valence-electron chi connectivity index (χ2n) is 6.25. The largest absolute Gasteiger partial charge is 0.486 e. The molecule has 0 saturated carbocycles. The molecular formula is C21H20N2O4. The highest BCUT2D eigenvalue weighted by molar-refractivity contribution is 6.00. The van der Waals surface area contributed by atoms with E-state index >= 15 is 0 Å². The van der Waals surface area contributed by atoms with Gasteiger partial charge in [0, 0.05) is 24.3 Å². The summed E-state index contributed by atoms with van der Waals surface area (Å²) in [4.78, 5) is 11.7. The lowest BCUT2D eigenvalue weighted by atomic mass is 10.0. The molecule has 0 saturated heterocycles. The number of ether oxygens (including phenoxy) is 2. The molecule has 0 aliphatic carbocycles. The molecule has 0 fully saturated rings. The van der Waals surface area contributed by atoms with Crippen LogP contribution in [0.4, 0.5) is 0 Å². The standard InChI is InChI=1S/C21H20N2O4/c1-3-13(24)5-7-16-21(18-8-6-14(4-2)27-18)15-11-19-20(26-10-9-25-19)12-17(15)23-22-16/h5-8,11-12H,3-4,9-10H2,1-2H3/b7-5+. The Balaban J connectivity index is 1.94. The van der Waals surface area contributed by atoms with Crippen molar-refractivity contribution in [3.63, 3.8) is 0 Å². The Hall–Kier alpha value is -3.15. The maximum atomic E-state index is 11.7. The predicted molar refractivity (Wildman–Crippen MR) is 102 cm³/mol. The normalized spacial score (nSPS) is 13.4. The van der Waals surface area contributed by atoms with Crippen molar-refractivity contribution in [2.24, 2.45) is 0 Å². The molecule has 0 atom stereocenters. The van der Waals surface area contributed by atoms with Gasteiger partial charge in [0.15, 0.2) is 17.3 Å². The molecule has 6 nitrogen and oxygen atoms in total. The topological polar surface area (TPSA) is 74.5 Å². The third kappa shape index (κ3) is 3.30. The number of carbonyl (C=O) groups excluding carboxylic acids is 1. The van der Waals surface area contributed by atoms with Gasteiger partial charge in [-0.15, -0.1) is 10.2 Å². The van der Waals surface area contributed by atoms with Crippen LogP contribution in [0.5, 0.6) is 11.5 Å². The number of furan rings is 1. The van der Waals surface area contributed by atoms with E-state index in [0.29, 0.717) is 48.1 Å². The first-order chi connectivity index (χ1) is 13.2. The van der Waals surface area contributed by atoms with Crippen LogP contribution in [0, 0.1) is 0 Å². The first-order valence-corrected chi connectivity index (χ1v) is 9.09. The van der Waals surface area contributed by atoms with Gasteiger partial charge in [-0.2, -0.15) is 0 Å². The van der Waals surface area contributed by atoms with Crippen LogP contribution in [0.1, 0.15) is 31.7 Å². The number of fused-ring (bicyclic) bond motifs is 2. The molecule has 1 aromatic carbocycles. The van der Waals surface area contributed by atoms with E-state index in [1.807, 2.05) is 38.1 Å². The summed E-state index contributed by atoms with van der Waals surface area (Å²) in [5.74, 6) is 2.93. The van der Waals surface area contributed by atoms with Crippen LogP contribution in [0.3, 0.4) is 0 Å². The molecule has 1 aliphatic heterocycles. The van der Waals surface area contributed by atoms with Crippen molar-refractivity contribution in [2.45, 2.75) is 26.7 Å². The molecule has 0 spiro atoms. The lowest BCUT2D eigenvalue weighted by Crippen LogP contribution is -2.15. The number of allylic oxidation sites excluding steroid dienone is 1. The zero-order valence-corrected chi connectivity index (χ0v) is 15.3. The van der Waals surface area contributed by atoms with Gasteiger partial charge in [0.05, 0.1) is 16.8 Å². The van der Waals surface area contributed by atoms with Gasteiger partial charge in [0.25, 0.3) is 0 Å². The number of nitrogens with zero attached hydrogens (tertiary/aromatic N) is 2. The van der Waals surface area contributed by atoms with E-state index in [4.69, 9.17) is 13.9 Å². The molecule has 3 heterocycles. The smallest absolute Gasteiger partial charge is 0.163 e. The first-order valence-electron chi connectivity index (χ1n) is 9.09. The van der Waals surface area contributed by atoms with Gasteiger partial charge in [-0.25, -0.2) is 0 Å². The number of hydrogen-bond donors (Lipinski definition) is 0. The van der Waals surface area contributed by atoms with Crippen LogP contribution >= 0.6 is 0 Å². The van der Waals surface area contributed by atoms with Crippen molar-refractivity contribution in [1.82, 2.24) is 10.2 Å². The Morgan fingerprint density at radius 3 is 2.59 bits per heavy atom. The first kappa shape index (κ1) is 17.3. The molecule has 0 bridgehead atoms. The maximum absolute atomic E-state index is 11.7. The summed E-state index contributed by atoms with van der Waals surface area (Å²) in [7, 11) is 0. The Kier molecular flexibility index (Phi) is 4.62. The quantitative estimate of drug-likeness (QED) is 0.631. The summed E-state index contributed by atoms with van der Waals surface area (Å²) < 4.78 is 17.4. The number of aryl methyl sites for hydroxylation is 1. The lowest BCUT2D eigenvalue weighted by Gasteiger charge is -2.19. The minimum absolute atomic E-state index is 0.0266. The number of carbonyl (C=O) groups is 1. The maximum Gasteiger partial charge on any atom is 0.163 e. The summed E-state index contributed by atoms with van der Waals surface area (Å²) in [6, 6.07) is 7.60. The minimum Gasteiger partial charge on any atom is -0.486 e. The van der Waals surface area contributed by atoms with E-state index < -0.39 is 0 Å². The van der Waals surface area contributed by atoms with Gasteiger partial charge < -0.3 is 13.9 Å². The molecule has 0 amide bonds. The van der Waals surface area contributed by atoms with E-state index in [9.17, 15) is 4.79 Å². The molecule has 4 rings (SSSR count). The Bertz CT molecular complexity index is 1040. The summed E-state index contributed by atoms with van der Waals surface area (Å²) in [5.41, 5.74) is 2.05. The third-order valence-electron chi connectivity index (χ3n) is 4.48. The number of hydrogen-bond acceptors (Lipinski definition) is 6. The van der Waals surface area contributed by atoms with Gasteiger partial charge >= 0.3 is 0 Å². The summed E-state index contributed by atoms with van der Waals surface area (Å²) in [5, 5.41) is 9.49. The fourth-order valence-electron chi connectivity index (χ4n) is 3.02. The second kappa shape index (κ2) is 7.23. The molecule has 0 radical (unpaired) electrons. The second-order valence-corrected chi connectivity index (χ2v) is 6.25. The van der Waals surface area contributed by atoms with Crippen LogP contribution in [0.25, 0.3) is 28.3 Å². The van der Waals surface area contributed by atoms with Crippen LogP contribution in [0.15, 0.2) is 34.8 Å². The van der Waals surface area contributed by atoms with Crippen LogP contribution < -0.4 is 9.47 Å². The summed E-state index contributed by atoms with van der Waals surface area (Å²) in [6.45, 7) is 4.87. The number of benzene rings is 1. The van der Waals surface area contributed by atoms with Crippen LogP contribution in [-0.4, -0.2) is 29.2 Å². The number of rotatable bonds is 5. The number of ketones is 1. The van der Waals surface area contributed by atoms with Gasteiger partial charge in [-0.05, 0) is 30.4 Å². The van der Waals surface area contributed by atoms with E-state index in [2.05, 4.69) is 10.2 Å². The van der Waals surface area contributed by atoms with Gasteiger partial charge in [0.2, 0.25) is 0 Å². The highest BCUT2D eigenvalue weighted by atomic mass is 16.6. The van der Waals surface area contributed by atoms with E-state index in [1.165, 1.54) is 6.08 Å². The monoisotopic (exact) mass is 364 g/mol. The molecule has 3 aromatic rings. The molecule has 6 heteroatoms. The average Bonchev–Trinajstić information content (AvgIpc) is 3.18. The van der Waals surface area contributed by atoms with Crippen molar-refractivity contribution < 1.29 is 18.7 Å². The van der Waals surface area contributed by atoms with Crippen LogP contribution in [0.2, 0.25) is 0 Å². The third-order valence-corrected chi connectivity index (χ3v) is 4.48. The average molecular weight is 364 g/mol. The Morgan fingerprint density at radius 1 is 1.11 bits per heavy atom. The summed E-state index contributed by atoms with van der Waals surface area (Å²) >= 11 is 0. The van der Waals surface area contributed by atoms with Crippen LogP contribution in [-0.2, 0) is 11.2 Å². The van der Waals surface area contributed by atoms with E-state index in [-0.39, 0.29) is 5.78 Å². The van der Waals surface area contributed by atoms with Crippen molar-refractivity contribution in [3.05, 3.63) is 41.8 Å². The highest BCUT2D eigenvalue weighted by Crippen LogP contribution is 2.39. The Morgan fingerprint density at radius 2 is 1.89 bits per heavy atom. The minimum atomic E-state index is 0.0266. The molecule has 27 heavy (non-hydrogen) atoms. The van der Waals surface area contributed by atoms with Gasteiger partial charge in [-0.3, -0.25) is 4.79 Å². The molecular weight excluding hydrogens is 344 g/mol. The lowest BCUT2D eigenvalue weighted by molar-refractivity contribution is -0.114. The van der Waals surface area contributed by atoms with Gasteiger partial charge in [-0.1, -0.05) is 13.8 Å². The fourth-order valence-corrected chi connectivity index (χ4v) is 3.02. The summed E-state index contributed by atoms with van der Waals surface area (Å²) in [6.07, 6.45) is 4.45. The Labute approximate surface area is 156 Å². The van der Waals surface area contributed by atoms with Gasteiger partial charge in [0.1, 0.15) is 24.7 Å². The number of aromatic nitrogens is 2. The van der Waals surface area contributed by atoms with Crippen molar-refractivity contribution in [2.75, 3.05) is 13.2 Å². The predicted octanol–water partition coefficient (Wildman–Crippen LogP) is 4.22. The molecule has 138 valence electrons. The fraction of sp³-hybridized carbons (Fsp3) is 0.286. The zero-order chi connectivity index (χ0) is 18.8. The molecule has 1 aliphatic rings. The zero-order valence-electron chi connectivity index (χ0n) is 15.3. The van der Waals surface area contributed by atoms with E-state index in [0.717, 1.165) is 23.1 Å².